The molecule has 0 bridgehead atoms. The number of amides is 1. The van der Waals surface area contributed by atoms with Gasteiger partial charge in [-0.2, -0.15) is 0 Å². The molecule has 1 aliphatic rings. The van der Waals surface area contributed by atoms with Gasteiger partial charge in [-0.1, -0.05) is 0 Å². The maximum atomic E-state index is 13.1. The van der Waals surface area contributed by atoms with Crippen LogP contribution < -0.4 is 4.90 Å². The van der Waals surface area contributed by atoms with E-state index in [1.807, 2.05) is 45.9 Å². The minimum absolute atomic E-state index is 0.0793. The summed E-state index contributed by atoms with van der Waals surface area (Å²) < 4.78 is 16.3. The van der Waals surface area contributed by atoms with Crippen LogP contribution in [-0.2, 0) is 20.8 Å². The van der Waals surface area contributed by atoms with E-state index in [9.17, 15) is 9.59 Å². The van der Waals surface area contributed by atoms with E-state index < -0.39 is 17.7 Å². The predicted molar refractivity (Wildman–Crippen MR) is 126 cm³/mol. The van der Waals surface area contributed by atoms with E-state index in [0.717, 1.165) is 30.0 Å². The molecule has 0 aliphatic carbocycles. The highest BCUT2D eigenvalue weighted by molar-refractivity contribution is 5.88. The zero-order valence-electron chi connectivity index (χ0n) is 20.0. The number of esters is 1. The topological polar surface area (TPSA) is 85.1 Å². The smallest absolute Gasteiger partial charge is 0.416 e. The van der Waals surface area contributed by atoms with Gasteiger partial charge in [-0.3, -0.25) is 9.80 Å². The van der Waals surface area contributed by atoms with Crippen LogP contribution >= 0.6 is 0 Å². The Bertz CT molecular complexity index is 975. The summed E-state index contributed by atoms with van der Waals surface area (Å²) in [6.07, 6.45) is 4.99. The Morgan fingerprint density at radius 2 is 2.06 bits per heavy atom. The second kappa shape index (κ2) is 10.7. The molecule has 1 fully saturated rings. The molecule has 8 heteroatoms. The molecular weight excluding hydrogens is 422 g/mol. The van der Waals surface area contributed by atoms with Crippen LogP contribution in [0.3, 0.4) is 0 Å². The number of rotatable bonds is 7. The number of ether oxygens (including phenoxy) is 2. The van der Waals surface area contributed by atoms with Gasteiger partial charge in [0.15, 0.2) is 0 Å². The number of hydrogen-bond donors (Lipinski definition) is 0. The first-order valence-corrected chi connectivity index (χ1v) is 11.3. The van der Waals surface area contributed by atoms with Gasteiger partial charge in [0.25, 0.3) is 0 Å². The van der Waals surface area contributed by atoms with Gasteiger partial charge >= 0.3 is 12.1 Å². The van der Waals surface area contributed by atoms with Crippen molar-refractivity contribution in [1.82, 2.24) is 9.88 Å². The number of aromatic nitrogens is 1. The number of carbonyl (C=O) groups excluding carboxylic acids is 2. The lowest BCUT2D eigenvalue weighted by atomic mass is 10.2. The van der Waals surface area contributed by atoms with E-state index in [1.54, 1.807) is 30.2 Å². The lowest BCUT2D eigenvalue weighted by molar-refractivity contribution is -0.137. The van der Waals surface area contributed by atoms with Crippen LogP contribution in [0, 0.1) is 6.92 Å². The molecule has 0 aromatic carbocycles. The molecule has 3 heterocycles. The molecule has 1 saturated heterocycles. The third-order valence-electron chi connectivity index (χ3n) is 5.09. The zero-order chi connectivity index (χ0) is 24.0. The summed E-state index contributed by atoms with van der Waals surface area (Å²) in [7, 11) is 0. The van der Waals surface area contributed by atoms with E-state index in [0.29, 0.717) is 25.5 Å². The molecule has 3 rings (SSSR count). The standard InChI is InChI=1S/C25H33N3O5/c1-6-31-23(29)12-9-19-8-11-22(26-15-19)28(24(30)33-25(3,4)5)20-13-14-27(16-20)17-21-10-7-18(2)32-21/h7-12,15,20H,6,13-14,16-17H2,1-5H3/t20-/m1/s1. The molecule has 8 nitrogen and oxygen atoms in total. The number of nitrogens with zero attached hydrogens (tertiary/aromatic N) is 3. The van der Waals surface area contributed by atoms with Crippen molar-refractivity contribution in [3.05, 3.63) is 53.6 Å². The Balaban J connectivity index is 1.75. The summed E-state index contributed by atoms with van der Waals surface area (Å²) in [5.41, 5.74) is 0.110. The van der Waals surface area contributed by atoms with E-state index in [1.165, 1.54) is 6.08 Å². The Labute approximate surface area is 195 Å². The first kappa shape index (κ1) is 24.5. The summed E-state index contributed by atoms with van der Waals surface area (Å²) in [5.74, 6) is 1.90. The monoisotopic (exact) mass is 455 g/mol. The maximum Gasteiger partial charge on any atom is 0.416 e. The molecule has 1 amide bonds. The van der Waals surface area contributed by atoms with Gasteiger partial charge < -0.3 is 13.9 Å². The van der Waals surface area contributed by atoms with Crippen molar-refractivity contribution < 1.29 is 23.5 Å². The van der Waals surface area contributed by atoms with Crippen molar-refractivity contribution in [2.45, 2.75) is 59.2 Å². The largest absolute Gasteiger partial charge is 0.465 e. The van der Waals surface area contributed by atoms with Crippen molar-refractivity contribution >= 4 is 24.0 Å². The summed E-state index contributed by atoms with van der Waals surface area (Å²) >= 11 is 0. The molecule has 1 aliphatic heterocycles. The van der Waals surface area contributed by atoms with Crippen LogP contribution in [0.5, 0.6) is 0 Å². The summed E-state index contributed by atoms with van der Waals surface area (Å²) in [4.78, 5) is 33.1. The number of aryl methyl sites for hydroxylation is 1. The second-order valence-corrected chi connectivity index (χ2v) is 9.08. The fourth-order valence-corrected chi connectivity index (χ4v) is 3.69. The summed E-state index contributed by atoms with van der Waals surface area (Å²) in [5, 5.41) is 0. The molecule has 0 unspecified atom stereocenters. The molecule has 1 atom stereocenters. The minimum Gasteiger partial charge on any atom is -0.465 e. The highest BCUT2D eigenvalue weighted by Gasteiger charge is 2.35. The number of hydrogen-bond acceptors (Lipinski definition) is 7. The van der Waals surface area contributed by atoms with Crippen LogP contribution in [0.4, 0.5) is 10.6 Å². The van der Waals surface area contributed by atoms with Crippen LogP contribution in [0.25, 0.3) is 6.08 Å². The van der Waals surface area contributed by atoms with Gasteiger partial charge in [0.05, 0.1) is 19.2 Å². The molecule has 0 N–H and O–H groups in total. The maximum absolute atomic E-state index is 13.1. The fourth-order valence-electron chi connectivity index (χ4n) is 3.69. The Kier molecular flexibility index (Phi) is 7.92. The van der Waals surface area contributed by atoms with E-state index in [-0.39, 0.29) is 6.04 Å². The van der Waals surface area contributed by atoms with Gasteiger partial charge in [-0.05, 0) is 76.9 Å². The minimum atomic E-state index is -0.623. The highest BCUT2D eigenvalue weighted by atomic mass is 16.6. The summed E-state index contributed by atoms with van der Waals surface area (Å²) in [6.45, 7) is 11.8. The van der Waals surface area contributed by atoms with Gasteiger partial charge in [0.1, 0.15) is 22.9 Å². The van der Waals surface area contributed by atoms with Crippen LogP contribution in [0.2, 0.25) is 0 Å². The first-order valence-electron chi connectivity index (χ1n) is 11.3. The third kappa shape index (κ3) is 7.18. The fraction of sp³-hybridized carbons (Fsp3) is 0.480. The summed E-state index contributed by atoms with van der Waals surface area (Å²) in [6, 6.07) is 7.45. The highest BCUT2D eigenvalue weighted by Crippen LogP contribution is 2.26. The van der Waals surface area contributed by atoms with E-state index in [2.05, 4.69) is 9.88 Å². The second-order valence-electron chi connectivity index (χ2n) is 9.08. The van der Waals surface area contributed by atoms with Gasteiger partial charge in [0.2, 0.25) is 0 Å². The number of furan rings is 1. The van der Waals surface area contributed by atoms with Crippen molar-refractivity contribution in [3.8, 4) is 0 Å². The van der Waals surface area contributed by atoms with Gasteiger partial charge in [-0.25, -0.2) is 14.6 Å². The molecule has 2 aromatic rings. The lowest BCUT2D eigenvalue weighted by Gasteiger charge is -2.31. The molecular formula is C25H33N3O5. The van der Waals surface area contributed by atoms with E-state index in [4.69, 9.17) is 13.9 Å². The number of carbonyl (C=O) groups is 2. The average molecular weight is 456 g/mol. The SMILES string of the molecule is CCOC(=O)C=Cc1ccc(N(C(=O)OC(C)(C)C)[C@@H]2CCN(Cc3ccc(C)o3)C2)nc1. The van der Waals surface area contributed by atoms with Crippen molar-refractivity contribution in [2.75, 3.05) is 24.6 Å². The quantitative estimate of drug-likeness (QED) is 0.446. The molecule has 0 radical (unpaired) electrons. The van der Waals surface area contributed by atoms with Gasteiger partial charge in [-0.15, -0.1) is 0 Å². The van der Waals surface area contributed by atoms with Crippen LogP contribution in [-0.4, -0.2) is 53.3 Å². The molecule has 0 saturated carbocycles. The number of likely N-dealkylation sites (tertiary alicyclic amines) is 1. The van der Waals surface area contributed by atoms with Crippen molar-refractivity contribution in [2.24, 2.45) is 0 Å². The predicted octanol–water partition coefficient (Wildman–Crippen LogP) is 4.58. The normalized spacial score (nSPS) is 16.8. The molecule has 178 valence electrons. The molecule has 33 heavy (non-hydrogen) atoms. The average Bonchev–Trinajstić information content (AvgIpc) is 3.35. The zero-order valence-corrected chi connectivity index (χ0v) is 20.0. The molecule has 0 spiro atoms. The Morgan fingerprint density at radius 3 is 2.67 bits per heavy atom. The Morgan fingerprint density at radius 1 is 1.27 bits per heavy atom. The van der Waals surface area contributed by atoms with E-state index >= 15 is 0 Å². The lowest BCUT2D eigenvalue weighted by Crippen LogP contribution is -2.45. The van der Waals surface area contributed by atoms with Crippen molar-refractivity contribution in [1.29, 1.82) is 0 Å². The first-order chi connectivity index (χ1) is 15.6. The number of anilines is 1. The van der Waals surface area contributed by atoms with Crippen LogP contribution in [0.15, 0.2) is 41.0 Å². The van der Waals surface area contributed by atoms with Crippen molar-refractivity contribution in [3.63, 3.8) is 0 Å². The van der Waals surface area contributed by atoms with Crippen LogP contribution in [0.1, 0.15) is 51.2 Å². The number of pyridine rings is 1. The van der Waals surface area contributed by atoms with Gasteiger partial charge in [0, 0.05) is 25.4 Å². The third-order valence-corrected chi connectivity index (χ3v) is 5.09. The Hall–Kier alpha value is -3.13. The molecule has 2 aromatic heterocycles.